The van der Waals surface area contributed by atoms with Gasteiger partial charge in [-0.15, -0.1) is 0 Å². The smallest absolute Gasteiger partial charge is 0.328 e. The van der Waals surface area contributed by atoms with E-state index < -0.39 is 6.04 Å². The highest BCUT2D eigenvalue weighted by Crippen LogP contribution is 2.26. The van der Waals surface area contributed by atoms with Crippen molar-refractivity contribution < 1.29 is 19.4 Å². The molecule has 0 radical (unpaired) electrons. The molecular weight excluding hydrogens is 294 g/mol. The van der Waals surface area contributed by atoms with Gasteiger partial charge in [0.25, 0.3) is 5.91 Å². The van der Waals surface area contributed by atoms with E-state index >= 15 is 0 Å². The Labute approximate surface area is 128 Å². The van der Waals surface area contributed by atoms with E-state index in [1.807, 2.05) is 0 Å². The number of phenolic OH excluding ortho intramolecular Hbond substituents is 1. The lowest BCUT2D eigenvalue weighted by atomic mass is 10.0. The van der Waals surface area contributed by atoms with Gasteiger partial charge in [-0.25, -0.2) is 4.79 Å². The van der Waals surface area contributed by atoms with Crippen LogP contribution in [0.2, 0.25) is 5.02 Å². The van der Waals surface area contributed by atoms with E-state index in [-0.39, 0.29) is 34.8 Å². The quantitative estimate of drug-likeness (QED) is 0.871. The number of rotatable bonds is 3. The number of likely N-dealkylation sites (tertiary alicyclic amines) is 1. The van der Waals surface area contributed by atoms with Crippen molar-refractivity contribution in [2.45, 2.75) is 32.2 Å². The van der Waals surface area contributed by atoms with Crippen LogP contribution in [0.3, 0.4) is 0 Å². The van der Waals surface area contributed by atoms with Crippen LogP contribution in [-0.4, -0.2) is 41.1 Å². The number of nitrogens with zero attached hydrogens (tertiary/aromatic N) is 1. The number of phenols is 1. The Balaban J connectivity index is 2.26. The third-order valence-corrected chi connectivity index (χ3v) is 3.83. The molecule has 1 amide bonds. The molecule has 0 spiro atoms. The van der Waals surface area contributed by atoms with Gasteiger partial charge < -0.3 is 14.7 Å². The highest BCUT2D eigenvalue weighted by atomic mass is 35.5. The summed E-state index contributed by atoms with van der Waals surface area (Å²) in [6.07, 6.45) is 2.29. The maximum atomic E-state index is 12.6. The molecule has 21 heavy (non-hydrogen) atoms. The van der Waals surface area contributed by atoms with Crippen LogP contribution in [0.25, 0.3) is 0 Å². The van der Waals surface area contributed by atoms with Crippen molar-refractivity contribution in [1.82, 2.24) is 4.90 Å². The van der Waals surface area contributed by atoms with Crippen LogP contribution in [0.5, 0.6) is 5.75 Å². The molecule has 0 aromatic heterocycles. The third-order valence-electron chi connectivity index (χ3n) is 3.50. The second-order valence-electron chi connectivity index (χ2n) is 4.93. The minimum absolute atomic E-state index is 0.0348. The Kier molecular flexibility index (Phi) is 5.07. The van der Waals surface area contributed by atoms with E-state index in [1.54, 1.807) is 6.92 Å². The first kappa shape index (κ1) is 15.6. The van der Waals surface area contributed by atoms with Gasteiger partial charge in [0.05, 0.1) is 17.2 Å². The van der Waals surface area contributed by atoms with Crippen molar-refractivity contribution >= 4 is 23.5 Å². The zero-order valence-electron chi connectivity index (χ0n) is 11.8. The van der Waals surface area contributed by atoms with E-state index in [9.17, 15) is 14.7 Å². The van der Waals surface area contributed by atoms with Gasteiger partial charge in [-0.1, -0.05) is 11.6 Å². The summed E-state index contributed by atoms with van der Waals surface area (Å²) in [4.78, 5) is 26.1. The molecule has 1 N–H and O–H groups in total. The van der Waals surface area contributed by atoms with Crippen molar-refractivity contribution in [1.29, 1.82) is 0 Å². The molecule has 6 heteroatoms. The number of benzene rings is 1. The summed E-state index contributed by atoms with van der Waals surface area (Å²) in [5, 5.41) is 9.78. The Morgan fingerprint density at radius 1 is 1.43 bits per heavy atom. The van der Waals surface area contributed by atoms with E-state index in [0.29, 0.717) is 13.0 Å². The molecule has 1 atom stereocenters. The maximum Gasteiger partial charge on any atom is 0.328 e. The lowest BCUT2D eigenvalue weighted by molar-refractivity contribution is -0.149. The Morgan fingerprint density at radius 2 is 2.19 bits per heavy atom. The third kappa shape index (κ3) is 3.47. The van der Waals surface area contributed by atoms with Crippen molar-refractivity contribution in [2.24, 2.45) is 0 Å². The number of aromatic hydroxyl groups is 1. The monoisotopic (exact) mass is 311 g/mol. The van der Waals surface area contributed by atoms with Crippen LogP contribution in [0.15, 0.2) is 18.2 Å². The van der Waals surface area contributed by atoms with E-state index in [1.165, 1.54) is 23.1 Å². The summed E-state index contributed by atoms with van der Waals surface area (Å²) in [7, 11) is 0. The normalized spacial score (nSPS) is 18.4. The summed E-state index contributed by atoms with van der Waals surface area (Å²) in [6.45, 7) is 2.50. The number of halogens is 1. The predicted molar refractivity (Wildman–Crippen MR) is 78.4 cm³/mol. The van der Waals surface area contributed by atoms with Crippen LogP contribution in [0.4, 0.5) is 0 Å². The number of ether oxygens (including phenoxy) is 1. The molecule has 0 bridgehead atoms. The number of amides is 1. The zero-order valence-corrected chi connectivity index (χ0v) is 12.6. The molecule has 1 heterocycles. The fourth-order valence-corrected chi connectivity index (χ4v) is 2.69. The van der Waals surface area contributed by atoms with Crippen molar-refractivity contribution in [3.05, 3.63) is 28.8 Å². The Bertz CT molecular complexity index is 546. The summed E-state index contributed by atoms with van der Waals surface area (Å²) in [5.74, 6) is -0.775. The van der Waals surface area contributed by atoms with Crippen molar-refractivity contribution in [2.75, 3.05) is 13.2 Å². The standard InChI is InChI=1S/C15H18ClNO4/c1-2-21-15(20)13-5-3-4-8-17(13)14(19)11-9-10(18)6-7-12(11)16/h6-7,9,13,18H,2-5,8H2,1H3. The van der Waals surface area contributed by atoms with Gasteiger partial charge in [0, 0.05) is 6.54 Å². The van der Waals surface area contributed by atoms with Crippen LogP contribution in [0.1, 0.15) is 36.5 Å². The van der Waals surface area contributed by atoms with Crippen LogP contribution in [0, 0.1) is 0 Å². The van der Waals surface area contributed by atoms with E-state index in [4.69, 9.17) is 16.3 Å². The van der Waals surface area contributed by atoms with Crippen LogP contribution >= 0.6 is 11.6 Å². The number of hydrogen-bond acceptors (Lipinski definition) is 4. The molecule has 1 fully saturated rings. The van der Waals surface area contributed by atoms with Gasteiger partial charge in [-0.05, 0) is 44.4 Å². The minimum atomic E-state index is -0.579. The van der Waals surface area contributed by atoms with Crippen LogP contribution in [-0.2, 0) is 9.53 Å². The number of hydrogen-bond donors (Lipinski definition) is 1. The average Bonchev–Trinajstić information content (AvgIpc) is 2.49. The Morgan fingerprint density at radius 3 is 2.90 bits per heavy atom. The topological polar surface area (TPSA) is 66.8 Å². The molecule has 5 nitrogen and oxygen atoms in total. The average molecular weight is 312 g/mol. The largest absolute Gasteiger partial charge is 0.508 e. The number of carbonyl (C=O) groups excluding carboxylic acids is 2. The predicted octanol–water partition coefficient (Wildman–Crippen LogP) is 2.60. The minimum Gasteiger partial charge on any atom is -0.508 e. The highest BCUT2D eigenvalue weighted by Gasteiger charge is 2.34. The summed E-state index contributed by atoms with van der Waals surface area (Å²) in [5.41, 5.74) is 0.202. The molecule has 0 aliphatic carbocycles. The second-order valence-corrected chi connectivity index (χ2v) is 5.33. The summed E-state index contributed by atoms with van der Waals surface area (Å²) in [6, 6.07) is 3.62. The first-order valence-electron chi connectivity index (χ1n) is 7.00. The molecular formula is C15H18ClNO4. The number of carbonyl (C=O) groups is 2. The number of esters is 1. The van der Waals surface area contributed by atoms with Gasteiger partial charge in [-0.3, -0.25) is 4.79 Å². The molecule has 1 aromatic carbocycles. The molecule has 0 saturated carbocycles. The molecule has 1 aliphatic rings. The molecule has 114 valence electrons. The fraction of sp³-hybridized carbons (Fsp3) is 0.467. The van der Waals surface area contributed by atoms with Crippen molar-refractivity contribution in [3.63, 3.8) is 0 Å². The number of piperidine rings is 1. The molecule has 1 saturated heterocycles. The molecule has 1 aliphatic heterocycles. The molecule has 1 unspecified atom stereocenters. The first-order valence-corrected chi connectivity index (χ1v) is 7.38. The van der Waals surface area contributed by atoms with E-state index in [2.05, 4.69) is 0 Å². The SMILES string of the molecule is CCOC(=O)C1CCCCN1C(=O)c1cc(O)ccc1Cl. The first-order chi connectivity index (χ1) is 10.0. The van der Waals surface area contributed by atoms with Gasteiger partial charge in [0.1, 0.15) is 11.8 Å². The van der Waals surface area contributed by atoms with Gasteiger partial charge in [0.2, 0.25) is 0 Å². The summed E-state index contributed by atoms with van der Waals surface area (Å²) >= 11 is 6.02. The van der Waals surface area contributed by atoms with Gasteiger partial charge in [0.15, 0.2) is 0 Å². The Hall–Kier alpha value is -1.75. The van der Waals surface area contributed by atoms with E-state index in [0.717, 1.165) is 12.8 Å². The van der Waals surface area contributed by atoms with Crippen molar-refractivity contribution in [3.8, 4) is 5.75 Å². The summed E-state index contributed by atoms with van der Waals surface area (Å²) < 4.78 is 5.04. The van der Waals surface area contributed by atoms with Gasteiger partial charge in [-0.2, -0.15) is 0 Å². The molecule has 1 aromatic rings. The maximum absolute atomic E-state index is 12.6. The van der Waals surface area contributed by atoms with Crippen LogP contribution < -0.4 is 0 Å². The molecule has 2 rings (SSSR count). The zero-order chi connectivity index (χ0) is 15.4. The van der Waals surface area contributed by atoms with Gasteiger partial charge >= 0.3 is 5.97 Å². The lowest BCUT2D eigenvalue weighted by Gasteiger charge is -2.34. The second kappa shape index (κ2) is 6.80. The lowest BCUT2D eigenvalue weighted by Crippen LogP contribution is -2.48. The highest BCUT2D eigenvalue weighted by molar-refractivity contribution is 6.33. The fourth-order valence-electron chi connectivity index (χ4n) is 2.49.